The lowest BCUT2D eigenvalue weighted by molar-refractivity contribution is 0.0850. The van der Waals surface area contributed by atoms with Gasteiger partial charge in [-0.1, -0.05) is 6.42 Å². The maximum Gasteiger partial charge on any atom is 0.237 e. The van der Waals surface area contributed by atoms with Crippen molar-refractivity contribution < 1.29 is 9.78 Å². The molecule has 0 N–H and O–H groups in total. The van der Waals surface area contributed by atoms with Crippen LogP contribution < -0.4 is 0 Å². The first-order valence-corrected chi connectivity index (χ1v) is 3.13. The van der Waals surface area contributed by atoms with E-state index < -0.39 is 0 Å². The third-order valence-electron chi connectivity index (χ3n) is 1.73. The first-order valence-electron chi connectivity index (χ1n) is 3.13. The summed E-state index contributed by atoms with van der Waals surface area (Å²) in [6, 6.07) is 0. The molecule has 0 atom stereocenters. The topological polar surface area (TPSA) is 25.1 Å². The van der Waals surface area contributed by atoms with Crippen LogP contribution in [0.5, 0.6) is 0 Å². The second kappa shape index (κ2) is 1.45. The summed E-state index contributed by atoms with van der Waals surface area (Å²) in [5.74, 6) is -0.196. The molecule has 1 heterocycles. The Morgan fingerprint density at radius 2 is 2.12 bits per heavy atom. The van der Waals surface area contributed by atoms with Crippen molar-refractivity contribution in [3.05, 3.63) is 6.42 Å². The minimum atomic E-state index is -0.196. The first-order chi connectivity index (χ1) is 3.91. The van der Waals surface area contributed by atoms with Crippen LogP contribution in [-0.4, -0.2) is 5.79 Å². The van der Waals surface area contributed by atoms with Crippen LogP contribution in [0.15, 0.2) is 0 Å². The summed E-state index contributed by atoms with van der Waals surface area (Å²) < 4.78 is 0. The van der Waals surface area contributed by atoms with Crippen molar-refractivity contribution >= 4 is 0 Å². The fourth-order valence-electron chi connectivity index (χ4n) is 1.14. The summed E-state index contributed by atoms with van der Waals surface area (Å²) in [4.78, 5) is 9.56. The lowest BCUT2D eigenvalue weighted by atomic mass is 9.96. The van der Waals surface area contributed by atoms with Gasteiger partial charge in [0.2, 0.25) is 5.79 Å². The van der Waals surface area contributed by atoms with Gasteiger partial charge in [-0.3, -0.25) is 0 Å². The molecule has 1 saturated carbocycles. The lowest BCUT2D eigenvalue weighted by Crippen LogP contribution is -2.14. The van der Waals surface area contributed by atoms with Gasteiger partial charge in [0, 0.05) is 12.8 Å². The maximum atomic E-state index is 4.78. The standard InChI is InChI=1S/C6H9O2/c1-2-4-6(5-3-1)7-8-6/h4H,1-3,5H2. The summed E-state index contributed by atoms with van der Waals surface area (Å²) in [6.45, 7) is 0. The van der Waals surface area contributed by atoms with E-state index in [0.717, 1.165) is 12.8 Å². The molecular weight excluding hydrogens is 104 g/mol. The molecular formula is C6H9O2. The largest absolute Gasteiger partial charge is 0.237 e. The van der Waals surface area contributed by atoms with Crippen LogP contribution in [0.3, 0.4) is 0 Å². The van der Waals surface area contributed by atoms with Crippen molar-refractivity contribution in [2.45, 2.75) is 31.5 Å². The first kappa shape index (κ1) is 4.77. The molecule has 8 heavy (non-hydrogen) atoms. The maximum absolute atomic E-state index is 4.78. The van der Waals surface area contributed by atoms with E-state index in [2.05, 4.69) is 6.42 Å². The minimum Gasteiger partial charge on any atom is -0.195 e. The molecule has 1 spiro atoms. The summed E-state index contributed by atoms with van der Waals surface area (Å²) in [7, 11) is 0. The monoisotopic (exact) mass is 113 g/mol. The van der Waals surface area contributed by atoms with Gasteiger partial charge in [-0.2, -0.15) is 9.78 Å². The van der Waals surface area contributed by atoms with Gasteiger partial charge in [0.15, 0.2) is 0 Å². The van der Waals surface area contributed by atoms with Crippen molar-refractivity contribution in [3.63, 3.8) is 0 Å². The smallest absolute Gasteiger partial charge is 0.195 e. The van der Waals surface area contributed by atoms with Gasteiger partial charge < -0.3 is 0 Å². The molecule has 2 fully saturated rings. The van der Waals surface area contributed by atoms with E-state index >= 15 is 0 Å². The zero-order valence-electron chi connectivity index (χ0n) is 4.72. The summed E-state index contributed by atoms with van der Waals surface area (Å²) in [6.07, 6.45) is 6.88. The molecule has 1 radical (unpaired) electrons. The zero-order valence-corrected chi connectivity index (χ0v) is 4.72. The van der Waals surface area contributed by atoms with Gasteiger partial charge in [0.05, 0.1) is 0 Å². The Hall–Kier alpha value is -0.0800. The number of hydrogen-bond acceptors (Lipinski definition) is 2. The van der Waals surface area contributed by atoms with Crippen LogP contribution in [0.2, 0.25) is 0 Å². The zero-order chi connectivity index (χ0) is 5.45. The average molecular weight is 113 g/mol. The highest BCUT2D eigenvalue weighted by Crippen LogP contribution is 2.42. The van der Waals surface area contributed by atoms with Gasteiger partial charge in [-0.15, -0.1) is 0 Å². The van der Waals surface area contributed by atoms with Crippen molar-refractivity contribution in [2.24, 2.45) is 0 Å². The van der Waals surface area contributed by atoms with Gasteiger partial charge in [-0.05, 0) is 12.8 Å². The Labute approximate surface area is 48.7 Å². The van der Waals surface area contributed by atoms with Crippen LogP contribution in [0.1, 0.15) is 25.7 Å². The Morgan fingerprint density at radius 3 is 2.50 bits per heavy atom. The molecule has 2 heteroatoms. The summed E-state index contributed by atoms with van der Waals surface area (Å²) >= 11 is 0. The molecule has 2 rings (SSSR count). The molecule has 0 aromatic heterocycles. The highest BCUT2D eigenvalue weighted by Gasteiger charge is 2.49. The fourth-order valence-corrected chi connectivity index (χ4v) is 1.14. The van der Waals surface area contributed by atoms with Crippen molar-refractivity contribution in [2.75, 3.05) is 0 Å². The van der Waals surface area contributed by atoms with E-state index in [1.807, 2.05) is 0 Å². The number of hydrogen-bond donors (Lipinski definition) is 0. The molecule has 0 amide bonds. The SMILES string of the molecule is [CH]1CCCCC12OO2. The molecule has 0 unspecified atom stereocenters. The Kier molecular flexibility index (Phi) is 0.866. The van der Waals surface area contributed by atoms with Gasteiger partial charge >= 0.3 is 0 Å². The fraction of sp³-hybridized carbons (Fsp3) is 0.833. The normalized spacial score (nSPS) is 33.0. The molecule has 0 aromatic rings. The molecule has 0 aromatic carbocycles. The third-order valence-corrected chi connectivity index (χ3v) is 1.73. The molecule has 1 aliphatic heterocycles. The molecule has 2 nitrogen and oxygen atoms in total. The van der Waals surface area contributed by atoms with Crippen LogP contribution in [-0.2, 0) is 9.78 Å². The lowest BCUT2D eigenvalue weighted by Gasteiger charge is -2.11. The highest BCUT2D eigenvalue weighted by atomic mass is 17.4. The van der Waals surface area contributed by atoms with Crippen molar-refractivity contribution in [1.82, 2.24) is 0 Å². The van der Waals surface area contributed by atoms with E-state index in [1.165, 1.54) is 12.8 Å². The van der Waals surface area contributed by atoms with Gasteiger partial charge in [0.25, 0.3) is 0 Å². The quantitative estimate of drug-likeness (QED) is 0.350. The molecule has 0 bridgehead atoms. The summed E-state index contributed by atoms with van der Waals surface area (Å²) in [5, 5.41) is 0. The predicted molar refractivity (Wildman–Crippen MR) is 27.7 cm³/mol. The minimum absolute atomic E-state index is 0.196. The van der Waals surface area contributed by atoms with Crippen LogP contribution in [0.4, 0.5) is 0 Å². The Bertz CT molecular complexity index is 88.7. The van der Waals surface area contributed by atoms with E-state index in [0.29, 0.717) is 0 Å². The second-order valence-electron chi connectivity index (χ2n) is 2.43. The molecule has 1 aliphatic carbocycles. The van der Waals surface area contributed by atoms with E-state index in [9.17, 15) is 0 Å². The number of rotatable bonds is 0. The highest BCUT2D eigenvalue weighted by molar-refractivity contribution is 4.93. The summed E-state index contributed by atoms with van der Waals surface area (Å²) in [5.41, 5.74) is 0. The molecule has 45 valence electrons. The van der Waals surface area contributed by atoms with Crippen molar-refractivity contribution in [1.29, 1.82) is 0 Å². The average Bonchev–Trinajstić information content (AvgIpc) is 2.52. The Balaban J connectivity index is 1.95. The van der Waals surface area contributed by atoms with E-state index in [1.54, 1.807) is 0 Å². The van der Waals surface area contributed by atoms with Crippen molar-refractivity contribution in [3.8, 4) is 0 Å². The van der Waals surface area contributed by atoms with Gasteiger partial charge in [-0.25, -0.2) is 0 Å². The van der Waals surface area contributed by atoms with Crippen LogP contribution in [0.25, 0.3) is 0 Å². The predicted octanol–water partition coefficient (Wildman–Crippen LogP) is 1.42. The van der Waals surface area contributed by atoms with Crippen LogP contribution in [0, 0.1) is 6.42 Å². The Morgan fingerprint density at radius 1 is 1.25 bits per heavy atom. The van der Waals surface area contributed by atoms with E-state index in [-0.39, 0.29) is 5.79 Å². The third kappa shape index (κ3) is 0.644. The molecule has 2 aliphatic rings. The van der Waals surface area contributed by atoms with E-state index in [4.69, 9.17) is 9.78 Å². The molecule has 1 saturated heterocycles. The second-order valence-corrected chi connectivity index (χ2v) is 2.43. The van der Waals surface area contributed by atoms with Crippen LogP contribution >= 0.6 is 0 Å². The van der Waals surface area contributed by atoms with Gasteiger partial charge in [0.1, 0.15) is 0 Å².